The highest BCUT2D eigenvalue weighted by molar-refractivity contribution is 6.32. The largest absolute Gasteiger partial charge is 0.457 e. The maximum atomic E-state index is 12.1. The van der Waals surface area contributed by atoms with E-state index in [0.717, 1.165) is 5.56 Å². The van der Waals surface area contributed by atoms with Crippen LogP contribution in [0.2, 0.25) is 5.15 Å². The SMILES string of the molecule is O=C(OCc1ccccc1Oc1ccccc1)c1cccnc1Cl. The van der Waals surface area contributed by atoms with Crippen LogP contribution in [0.5, 0.6) is 11.5 Å². The Kier molecular flexibility index (Phi) is 5.08. The number of rotatable bonds is 5. The highest BCUT2D eigenvalue weighted by atomic mass is 35.5. The first-order valence-corrected chi connectivity index (χ1v) is 7.70. The monoisotopic (exact) mass is 339 g/mol. The Hall–Kier alpha value is -2.85. The molecule has 3 aromatic rings. The van der Waals surface area contributed by atoms with Crippen LogP contribution in [0.4, 0.5) is 0 Å². The fourth-order valence-corrected chi connectivity index (χ4v) is 2.29. The van der Waals surface area contributed by atoms with Crippen LogP contribution in [-0.2, 0) is 11.3 Å². The quantitative estimate of drug-likeness (QED) is 0.491. The molecule has 1 heterocycles. The van der Waals surface area contributed by atoms with E-state index in [1.807, 2.05) is 54.6 Å². The van der Waals surface area contributed by atoms with Gasteiger partial charge in [-0.1, -0.05) is 48.0 Å². The Balaban J connectivity index is 1.72. The summed E-state index contributed by atoms with van der Waals surface area (Å²) >= 11 is 5.90. The summed E-state index contributed by atoms with van der Waals surface area (Å²) in [7, 11) is 0. The van der Waals surface area contributed by atoms with Crippen LogP contribution in [0.1, 0.15) is 15.9 Å². The number of ether oxygens (including phenoxy) is 2. The normalized spacial score (nSPS) is 10.2. The number of hydrogen-bond acceptors (Lipinski definition) is 4. The number of hydrogen-bond donors (Lipinski definition) is 0. The summed E-state index contributed by atoms with van der Waals surface area (Å²) < 4.78 is 11.2. The van der Waals surface area contributed by atoms with Gasteiger partial charge in [-0.2, -0.15) is 0 Å². The van der Waals surface area contributed by atoms with E-state index >= 15 is 0 Å². The van der Waals surface area contributed by atoms with Crippen LogP contribution in [0.25, 0.3) is 0 Å². The molecule has 1 aromatic heterocycles. The Morgan fingerprint density at radius 2 is 1.71 bits per heavy atom. The Bertz CT molecular complexity index is 837. The maximum absolute atomic E-state index is 12.1. The predicted octanol–water partition coefficient (Wildman–Crippen LogP) is 4.88. The van der Waals surface area contributed by atoms with E-state index in [4.69, 9.17) is 21.1 Å². The number of aromatic nitrogens is 1. The molecule has 2 aromatic carbocycles. The molecule has 0 amide bonds. The zero-order valence-electron chi connectivity index (χ0n) is 12.7. The molecule has 0 bridgehead atoms. The lowest BCUT2D eigenvalue weighted by atomic mass is 10.2. The van der Waals surface area contributed by atoms with Crippen molar-refractivity contribution in [2.24, 2.45) is 0 Å². The standard InChI is InChI=1S/C19H14ClNO3/c20-18-16(10-6-12-21-18)19(22)23-13-14-7-4-5-11-17(14)24-15-8-2-1-3-9-15/h1-12H,13H2. The van der Waals surface area contributed by atoms with Crippen molar-refractivity contribution in [2.45, 2.75) is 6.61 Å². The van der Waals surface area contributed by atoms with E-state index in [0.29, 0.717) is 11.5 Å². The number of carbonyl (C=O) groups excluding carboxylic acids is 1. The van der Waals surface area contributed by atoms with Gasteiger partial charge < -0.3 is 9.47 Å². The number of carbonyl (C=O) groups is 1. The number of halogens is 1. The molecular formula is C19H14ClNO3. The van der Waals surface area contributed by atoms with Gasteiger partial charge >= 0.3 is 5.97 Å². The number of pyridine rings is 1. The average Bonchev–Trinajstić information content (AvgIpc) is 2.62. The van der Waals surface area contributed by atoms with Gasteiger partial charge in [0.15, 0.2) is 0 Å². The Morgan fingerprint density at radius 3 is 2.50 bits per heavy atom. The predicted molar refractivity (Wildman–Crippen MR) is 91.3 cm³/mol. The molecule has 24 heavy (non-hydrogen) atoms. The summed E-state index contributed by atoms with van der Waals surface area (Å²) in [5.41, 5.74) is 0.996. The molecule has 0 spiro atoms. The van der Waals surface area contributed by atoms with Crippen molar-refractivity contribution in [2.75, 3.05) is 0 Å². The van der Waals surface area contributed by atoms with Crippen molar-refractivity contribution >= 4 is 17.6 Å². The lowest BCUT2D eigenvalue weighted by Gasteiger charge is -2.11. The van der Waals surface area contributed by atoms with Gasteiger partial charge in [-0.05, 0) is 30.3 Å². The second-order valence-electron chi connectivity index (χ2n) is 4.94. The smallest absolute Gasteiger partial charge is 0.341 e. The van der Waals surface area contributed by atoms with E-state index in [2.05, 4.69) is 4.98 Å². The van der Waals surface area contributed by atoms with E-state index in [1.54, 1.807) is 12.1 Å². The zero-order chi connectivity index (χ0) is 16.8. The van der Waals surface area contributed by atoms with E-state index < -0.39 is 5.97 Å². The van der Waals surface area contributed by atoms with E-state index in [-0.39, 0.29) is 17.3 Å². The zero-order valence-corrected chi connectivity index (χ0v) is 13.4. The number of benzene rings is 2. The van der Waals surface area contributed by atoms with Crippen molar-refractivity contribution in [1.29, 1.82) is 0 Å². The average molecular weight is 340 g/mol. The molecule has 0 radical (unpaired) electrons. The molecule has 3 rings (SSSR count). The van der Waals surface area contributed by atoms with Crippen molar-refractivity contribution in [3.8, 4) is 11.5 Å². The van der Waals surface area contributed by atoms with Crippen LogP contribution < -0.4 is 4.74 Å². The summed E-state index contributed by atoms with van der Waals surface area (Å²) in [5.74, 6) is 0.822. The minimum Gasteiger partial charge on any atom is -0.457 e. The molecular weight excluding hydrogens is 326 g/mol. The van der Waals surface area contributed by atoms with Crippen LogP contribution in [0.3, 0.4) is 0 Å². The van der Waals surface area contributed by atoms with Gasteiger partial charge in [0.25, 0.3) is 0 Å². The lowest BCUT2D eigenvalue weighted by molar-refractivity contribution is 0.0470. The highest BCUT2D eigenvalue weighted by Crippen LogP contribution is 2.26. The van der Waals surface area contributed by atoms with Gasteiger partial charge in [-0.3, -0.25) is 0 Å². The molecule has 0 saturated heterocycles. The second kappa shape index (κ2) is 7.62. The van der Waals surface area contributed by atoms with Gasteiger partial charge in [0, 0.05) is 11.8 Å². The summed E-state index contributed by atoms with van der Waals surface area (Å²) in [4.78, 5) is 16.0. The van der Waals surface area contributed by atoms with Crippen LogP contribution in [-0.4, -0.2) is 11.0 Å². The number of nitrogens with zero attached hydrogens (tertiary/aromatic N) is 1. The van der Waals surface area contributed by atoms with Crippen molar-refractivity contribution in [3.63, 3.8) is 0 Å². The van der Waals surface area contributed by atoms with Crippen molar-refractivity contribution < 1.29 is 14.3 Å². The fourth-order valence-electron chi connectivity index (χ4n) is 2.10. The molecule has 5 heteroatoms. The third-order valence-electron chi connectivity index (χ3n) is 3.28. The third kappa shape index (κ3) is 3.91. The molecule has 0 atom stereocenters. The third-order valence-corrected chi connectivity index (χ3v) is 3.58. The van der Waals surface area contributed by atoms with Gasteiger partial charge in [-0.25, -0.2) is 9.78 Å². The minimum absolute atomic E-state index is 0.0765. The first kappa shape index (κ1) is 16.0. The van der Waals surface area contributed by atoms with Crippen LogP contribution >= 0.6 is 11.6 Å². The Labute approximate surface area is 144 Å². The summed E-state index contributed by atoms with van der Waals surface area (Å²) in [5, 5.41) is 0.122. The molecule has 120 valence electrons. The molecule has 0 fully saturated rings. The number of esters is 1. The van der Waals surface area contributed by atoms with Gasteiger partial charge in [0.1, 0.15) is 23.3 Å². The van der Waals surface area contributed by atoms with Crippen LogP contribution in [0.15, 0.2) is 72.9 Å². The van der Waals surface area contributed by atoms with Gasteiger partial charge in [0.05, 0.1) is 5.56 Å². The first-order valence-electron chi connectivity index (χ1n) is 7.32. The molecule has 0 unspecified atom stereocenters. The summed E-state index contributed by atoms with van der Waals surface area (Å²) in [6, 6.07) is 20.0. The molecule has 0 aliphatic carbocycles. The molecule has 4 nitrogen and oxygen atoms in total. The van der Waals surface area contributed by atoms with Crippen LogP contribution in [0, 0.1) is 0 Å². The van der Waals surface area contributed by atoms with Gasteiger partial charge in [0.2, 0.25) is 0 Å². The molecule has 0 aliphatic rings. The maximum Gasteiger partial charge on any atom is 0.341 e. The second-order valence-corrected chi connectivity index (χ2v) is 5.30. The lowest BCUT2D eigenvalue weighted by Crippen LogP contribution is -2.07. The van der Waals surface area contributed by atoms with E-state index in [9.17, 15) is 4.79 Å². The van der Waals surface area contributed by atoms with Crippen molar-refractivity contribution in [3.05, 3.63) is 89.2 Å². The first-order chi connectivity index (χ1) is 11.7. The van der Waals surface area contributed by atoms with E-state index in [1.165, 1.54) is 6.20 Å². The topological polar surface area (TPSA) is 48.4 Å². The molecule has 0 N–H and O–H groups in total. The summed E-state index contributed by atoms with van der Waals surface area (Å²) in [6.07, 6.45) is 1.52. The minimum atomic E-state index is -0.525. The fraction of sp³-hybridized carbons (Fsp3) is 0.0526. The Morgan fingerprint density at radius 1 is 0.958 bits per heavy atom. The number of para-hydroxylation sites is 2. The molecule has 0 saturated carbocycles. The summed E-state index contributed by atoms with van der Waals surface area (Å²) in [6.45, 7) is 0.0765. The van der Waals surface area contributed by atoms with Crippen molar-refractivity contribution in [1.82, 2.24) is 4.98 Å². The van der Waals surface area contributed by atoms with Gasteiger partial charge in [-0.15, -0.1) is 0 Å². The molecule has 0 aliphatic heterocycles. The highest BCUT2D eigenvalue weighted by Gasteiger charge is 2.13.